The van der Waals surface area contributed by atoms with Gasteiger partial charge in [0.15, 0.2) is 0 Å². The Hall–Kier alpha value is -1.64. The summed E-state index contributed by atoms with van der Waals surface area (Å²) in [6, 6.07) is 21.8. The van der Waals surface area contributed by atoms with Crippen molar-refractivity contribution >= 4 is 0 Å². The number of benzene rings is 2. The van der Waals surface area contributed by atoms with Crippen molar-refractivity contribution in [2.24, 2.45) is 0 Å². The number of hydrogen-bond acceptors (Lipinski definition) is 2. The zero-order chi connectivity index (χ0) is 14.5. The van der Waals surface area contributed by atoms with E-state index in [4.69, 9.17) is 4.74 Å². The molecule has 1 aliphatic rings. The lowest BCUT2D eigenvalue weighted by molar-refractivity contribution is -0.0424. The Labute approximate surface area is 127 Å². The minimum absolute atomic E-state index is 0.207. The van der Waals surface area contributed by atoms with E-state index in [1.54, 1.807) is 0 Å². The van der Waals surface area contributed by atoms with E-state index in [0.717, 1.165) is 26.1 Å². The molecule has 0 aliphatic carbocycles. The van der Waals surface area contributed by atoms with Crippen LogP contribution in [-0.2, 0) is 11.2 Å². The maximum Gasteiger partial charge on any atom is 0.0952 e. The van der Waals surface area contributed by atoms with Crippen LogP contribution in [-0.4, -0.2) is 30.6 Å². The molecule has 1 heterocycles. The third kappa shape index (κ3) is 3.72. The van der Waals surface area contributed by atoms with Crippen LogP contribution in [0.5, 0.6) is 0 Å². The lowest BCUT2D eigenvalue weighted by Crippen LogP contribution is -2.44. The summed E-state index contributed by atoms with van der Waals surface area (Å²) in [5.41, 5.74) is 2.70. The van der Waals surface area contributed by atoms with Gasteiger partial charge in [0.25, 0.3) is 0 Å². The predicted octanol–water partition coefficient (Wildman–Crippen LogP) is 3.69. The van der Waals surface area contributed by atoms with Crippen LogP contribution < -0.4 is 0 Å². The first-order valence-electron chi connectivity index (χ1n) is 7.77. The molecule has 3 rings (SSSR count). The summed E-state index contributed by atoms with van der Waals surface area (Å²) < 4.78 is 5.95. The standard InChI is InChI=1S/C19H23NO/c1-16(14-17-8-4-2-5-9-17)20-12-13-21-19(15-20)18-10-6-3-7-11-18/h2-11,16,19H,12-15H2,1H3. The highest BCUT2D eigenvalue weighted by Crippen LogP contribution is 2.23. The molecule has 1 fully saturated rings. The Bertz CT molecular complexity index is 540. The number of hydrogen-bond donors (Lipinski definition) is 0. The second-order valence-electron chi connectivity index (χ2n) is 5.80. The second kappa shape index (κ2) is 6.88. The molecule has 2 atom stereocenters. The van der Waals surface area contributed by atoms with E-state index in [0.29, 0.717) is 6.04 Å². The molecule has 2 aromatic carbocycles. The normalized spacial score (nSPS) is 21.1. The molecule has 0 spiro atoms. The Morgan fingerprint density at radius 3 is 2.43 bits per heavy atom. The van der Waals surface area contributed by atoms with Crippen LogP contribution in [0.25, 0.3) is 0 Å². The van der Waals surface area contributed by atoms with Gasteiger partial charge in [-0.05, 0) is 24.5 Å². The lowest BCUT2D eigenvalue weighted by Gasteiger charge is -2.37. The Morgan fingerprint density at radius 2 is 1.71 bits per heavy atom. The SMILES string of the molecule is CC(Cc1ccccc1)N1CCOC(c2ccccc2)C1. The zero-order valence-corrected chi connectivity index (χ0v) is 12.6. The van der Waals surface area contributed by atoms with Crippen LogP contribution in [0.4, 0.5) is 0 Å². The molecular weight excluding hydrogens is 258 g/mol. The number of morpholine rings is 1. The topological polar surface area (TPSA) is 12.5 Å². The average molecular weight is 281 g/mol. The molecule has 21 heavy (non-hydrogen) atoms. The quantitative estimate of drug-likeness (QED) is 0.847. The van der Waals surface area contributed by atoms with Crippen molar-refractivity contribution in [1.82, 2.24) is 4.90 Å². The summed E-state index contributed by atoms with van der Waals surface area (Å²) >= 11 is 0. The molecular formula is C19H23NO. The van der Waals surface area contributed by atoms with Crippen LogP contribution in [0.2, 0.25) is 0 Å². The fourth-order valence-electron chi connectivity index (χ4n) is 3.02. The maximum absolute atomic E-state index is 5.95. The number of nitrogens with zero attached hydrogens (tertiary/aromatic N) is 1. The van der Waals surface area contributed by atoms with E-state index in [1.165, 1.54) is 11.1 Å². The highest BCUT2D eigenvalue weighted by atomic mass is 16.5. The molecule has 2 nitrogen and oxygen atoms in total. The van der Waals surface area contributed by atoms with Gasteiger partial charge in [-0.15, -0.1) is 0 Å². The summed E-state index contributed by atoms with van der Waals surface area (Å²) in [4.78, 5) is 2.55. The fourth-order valence-corrected chi connectivity index (χ4v) is 3.02. The van der Waals surface area contributed by atoms with Crippen molar-refractivity contribution in [3.8, 4) is 0 Å². The first-order chi connectivity index (χ1) is 10.3. The summed E-state index contributed by atoms with van der Waals surface area (Å²) in [5, 5.41) is 0. The Morgan fingerprint density at radius 1 is 1.05 bits per heavy atom. The van der Waals surface area contributed by atoms with Crippen molar-refractivity contribution in [1.29, 1.82) is 0 Å². The first-order valence-corrected chi connectivity index (χ1v) is 7.77. The summed E-state index contributed by atoms with van der Waals surface area (Å²) in [6.07, 6.45) is 1.31. The van der Waals surface area contributed by atoms with Crippen LogP contribution >= 0.6 is 0 Å². The largest absolute Gasteiger partial charge is 0.371 e. The van der Waals surface area contributed by atoms with Gasteiger partial charge in [-0.3, -0.25) is 4.90 Å². The van der Waals surface area contributed by atoms with Gasteiger partial charge in [0, 0.05) is 19.1 Å². The van der Waals surface area contributed by atoms with Crippen LogP contribution in [0.15, 0.2) is 60.7 Å². The molecule has 1 saturated heterocycles. The van der Waals surface area contributed by atoms with Crippen molar-refractivity contribution < 1.29 is 4.74 Å². The van der Waals surface area contributed by atoms with Crippen LogP contribution in [0.3, 0.4) is 0 Å². The van der Waals surface area contributed by atoms with E-state index in [9.17, 15) is 0 Å². The van der Waals surface area contributed by atoms with Gasteiger partial charge in [-0.25, -0.2) is 0 Å². The van der Waals surface area contributed by atoms with Crippen molar-refractivity contribution in [3.05, 3.63) is 71.8 Å². The second-order valence-corrected chi connectivity index (χ2v) is 5.80. The number of rotatable bonds is 4. The van der Waals surface area contributed by atoms with Gasteiger partial charge in [0.05, 0.1) is 12.7 Å². The molecule has 0 saturated carbocycles. The smallest absolute Gasteiger partial charge is 0.0952 e. The monoisotopic (exact) mass is 281 g/mol. The minimum Gasteiger partial charge on any atom is -0.371 e. The first kappa shape index (κ1) is 14.3. The molecule has 2 aromatic rings. The molecule has 0 N–H and O–H groups in total. The molecule has 110 valence electrons. The average Bonchev–Trinajstić information content (AvgIpc) is 2.57. The van der Waals surface area contributed by atoms with Crippen LogP contribution in [0, 0.1) is 0 Å². The minimum atomic E-state index is 0.207. The summed E-state index contributed by atoms with van der Waals surface area (Å²) in [5.74, 6) is 0. The lowest BCUT2D eigenvalue weighted by atomic mass is 10.0. The number of ether oxygens (including phenoxy) is 1. The van der Waals surface area contributed by atoms with Crippen LogP contribution in [0.1, 0.15) is 24.2 Å². The van der Waals surface area contributed by atoms with E-state index < -0.39 is 0 Å². The van der Waals surface area contributed by atoms with Crippen molar-refractivity contribution in [2.45, 2.75) is 25.5 Å². The molecule has 2 unspecified atom stereocenters. The Balaban J connectivity index is 1.63. The maximum atomic E-state index is 5.95. The van der Waals surface area contributed by atoms with Crippen molar-refractivity contribution in [3.63, 3.8) is 0 Å². The van der Waals surface area contributed by atoms with Gasteiger partial charge in [0.2, 0.25) is 0 Å². The van der Waals surface area contributed by atoms with Gasteiger partial charge in [-0.1, -0.05) is 60.7 Å². The van der Waals surface area contributed by atoms with E-state index in [1.807, 2.05) is 0 Å². The molecule has 2 heteroatoms. The highest BCUT2D eigenvalue weighted by molar-refractivity contribution is 5.19. The Kier molecular flexibility index (Phi) is 4.69. The van der Waals surface area contributed by atoms with Gasteiger partial charge >= 0.3 is 0 Å². The fraction of sp³-hybridized carbons (Fsp3) is 0.368. The van der Waals surface area contributed by atoms with Gasteiger partial charge in [0.1, 0.15) is 0 Å². The molecule has 0 bridgehead atoms. The van der Waals surface area contributed by atoms with E-state index >= 15 is 0 Å². The third-order valence-electron chi connectivity index (χ3n) is 4.27. The summed E-state index contributed by atoms with van der Waals surface area (Å²) in [7, 11) is 0. The summed E-state index contributed by atoms with van der Waals surface area (Å²) in [6.45, 7) is 5.15. The highest BCUT2D eigenvalue weighted by Gasteiger charge is 2.25. The molecule has 0 radical (unpaired) electrons. The van der Waals surface area contributed by atoms with E-state index in [2.05, 4.69) is 72.5 Å². The predicted molar refractivity (Wildman–Crippen MR) is 86.3 cm³/mol. The molecule has 0 aromatic heterocycles. The molecule has 0 amide bonds. The third-order valence-corrected chi connectivity index (χ3v) is 4.27. The van der Waals surface area contributed by atoms with Gasteiger partial charge in [-0.2, -0.15) is 0 Å². The van der Waals surface area contributed by atoms with Crippen molar-refractivity contribution in [2.75, 3.05) is 19.7 Å². The molecule has 1 aliphatic heterocycles. The zero-order valence-electron chi connectivity index (χ0n) is 12.6. The van der Waals surface area contributed by atoms with E-state index in [-0.39, 0.29) is 6.10 Å². The van der Waals surface area contributed by atoms with Gasteiger partial charge < -0.3 is 4.74 Å².